The number of aromatic nitrogens is 1. The molecule has 0 saturated heterocycles. The molecule has 0 radical (unpaired) electrons. The second-order valence-electron chi connectivity index (χ2n) is 4.19. The van der Waals surface area contributed by atoms with E-state index in [2.05, 4.69) is 0 Å². The summed E-state index contributed by atoms with van der Waals surface area (Å²) < 4.78 is 1.47. The van der Waals surface area contributed by atoms with Crippen molar-refractivity contribution in [1.29, 1.82) is 0 Å². The SMILES string of the molecule is Cc1ccc(C=O)cc1-n1c(C)cc(O)cc1=O. The molecule has 0 unspecified atom stereocenters. The first-order valence-corrected chi connectivity index (χ1v) is 5.52. The van der Waals surface area contributed by atoms with Crippen LogP contribution in [-0.4, -0.2) is 16.0 Å². The quantitative estimate of drug-likeness (QED) is 0.820. The average Bonchev–Trinajstić information content (AvgIpc) is 2.30. The Morgan fingerprint density at radius 3 is 2.50 bits per heavy atom. The molecular weight excluding hydrogens is 230 g/mol. The highest BCUT2D eigenvalue weighted by Gasteiger charge is 2.08. The molecule has 18 heavy (non-hydrogen) atoms. The molecule has 0 aliphatic heterocycles. The normalized spacial score (nSPS) is 10.3. The number of rotatable bonds is 2. The second-order valence-corrected chi connectivity index (χ2v) is 4.19. The number of pyridine rings is 1. The summed E-state index contributed by atoms with van der Waals surface area (Å²) in [6.07, 6.45) is 0.740. The Bertz CT molecular complexity index is 671. The van der Waals surface area contributed by atoms with Crippen molar-refractivity contribution in [3.05, 3.63) is 57.5 Å². The van der Waals surface area contributed by atoms with Crippen LogP contribution >= 0.6 is 0 Å². The van der Waals surface area contributed by atoms with Gasteiger partial charge in [0.25, 0.3) is 5.56 Å². The Hall–Kier alpha value is -2.36. The van der Waals surface area contributed by atoms with Crippen molar-refractivity contribution in [3.8, 4) is 11.4 Å². The van der Waals surface area contributed by atoms with Gasteiger partial charge in [-0.25, -0.2) is 0 Å². The summed E-state index contributed by atoms with van der Waals surface area (Å²) in [5.74, 6) is -0.0575. The summed E-state index contributed by atoms with van der Waals surface area (Å²) in [6.45, 7) is 3.59. The van der Waals surface area contributed by atoms with E-state index in [-0.39, 0.29) is 11.3 Å². The molecule has 1 aromatic carbocycles. The highest BCUT2D eigenvalue weighted by Crippen LogP contribution is 2.17. The highest BCUT2D eigenvalue weighted by molar-refractivity contribution is 5.76. The number of carbonyl (C=O) groups excluding carboxylic acids is 1. The van der Waals surface area contributed by atoms with E-state index in [1.54, 1.807) is 25.1 Å². The van der Waals surface area contributed by atoms with Gasteiger partial charge in [0.05, 0.1) is 5.69 Å². The lowest BCUT2D eigenvalue weighted by Crippen LogP contribution is -2.20. The molecule has 4 nitrogen and oxygen atoms in total. The fraction of sp³-hybridized carbons (Fsp3) is 0.143. The van der Waals surface area contributed by atoms with E-state index in [1.165, 1.54) is 10.6 Å². The van der Waals surface area contributed by atoms with Gasteiger partial charge in [0, 0.05) is 17.3 Å². The van der Waals surface area contributed by atoms with Gasteiger partial charge in [-0.2, -0.15) is 0 Å². The van der Waals surface area contributed by atoms with Crippen LogP contribution in [0.15, 0.2) is 35.1 Å². The summed E-state index contributed by atoms with van der Waals surface area (Å²) in [4.78, 5) is 22.7. The fourth-order valence-electron chi connectivity index (χ4n) is 1.93. The topological polar surface area (TPSA) is 59.3 Å². The zero-order chi connectivity index (χ0) is 13.3. The van der Waals surface area contributed by atoms with Crippen molar-refractivity contribution in [2.75, 3.05) is 0 Å². The zero-order valence-corrected chi connectivity index (χ0v) is 10.2. The van der Waals surface area contributed by atoms with Crippen LogP contribution in [-0.2, 0) is 0 Å². The third-order valence-corrected chi connectivity index (χ3v) is 2.81. The molecule has 0 aliphatic carbocycles. The van der Waals surface area contributed by atoms with E-state index in [4.69, 9.17) is 0 Å². The third kappa shape index (κ3) is 2.05. The molecular formula is C14H13NO3. The molecule has 4 heteroatoms. The van der Waals surface area contributed by atoms with Crippen LogP contribution in [0.1, 0.15) is 21.6 Å². The summed E-state index contributed by atoms with van der Waals surface area (Å²) in [6, 6.07) is 7.81. The molecule has 1 heterocycles. The summed E-state index contributed by atoms with van der Waals surface area (Å²) in [5.41, 5.74) is 2.35. The molecule has 0 fully saturated rings. The van der Waals surface area contributed by atoms with Gasteiger partial charge < -0.3 is 5.11 Å². The Balaban J connectivity index is 2.76. The lowest BCUT2D eigenvalue weighted by atomic mass is 10.1. The van der Waals surface area contributed by atoms with Crippen molar-refractivity contribution in [3.63, 3.8) is 0 Å². The molecule has 1 aromatic heterocycles. The van der Waals surface area contributed by atoms with Crippen molar-refractivity contribution in [2.24, 2.45) is 0 Å². The summed E-state index contributed by atoms with van der Waals surface area (Å²) in [7, 11) is 0. The van der Waals surface area contributed by atoms with Gasteiger partial charge in [-0.05, 0) is 31.5 Å². The zero-order valence-electron chi connectivity index (χ0n) is 10.2. The number of carbonyl (C=O) groups is 1. The predicted octanol–water partition coefficient (Wildman–Crippen LogP) is 1.97. The molecule has 92 valence electrons. The monoisotopic (exact) mass is 243 g/mol. The first kappa shape index (κ1) is 12.1. The molecule has 0 amide bonds. The smallest absolute Gasteiger partial charge is 0.258 e. The van der Waals surface area contributed by atoms with Crippen LogP contribution in [0.4, 0.5) is 0 Å². The van der Waals surface area contributed by atoms with Crippen molar-refractivity contribution < 1.29 is 9.90 Å². The van der Waals surface area contributed by atoms with E-state index < -0.39 is 0 Å². The molecule has 1 N–H and O–H groups in total. The van der Waals surface area contributed by atoms with Gasteiger partial charge in [-0.1, -0.05) is 12.1 Å². The van der Waals surface area contributed by atoms with Crippen LogP contribution in [0.5, 0.6) is 5.75 Å². The Morgan fingerprint density at radius 1 is 1.17 bits per heavy atom. The fourth-order valence-corrected chi connectivity index (χ4v) is 1.93. The number of hydrogen-bond donors (Lipinski definition) is 1. The molecule has 0 bridgehead atoms. The van der Waals surface area contributed by atoms with Gasteiger partial charge in [0.15, 0.2) is 0 Å². The van der Waals surface area contributed by atoms with E-state index in [1.807, 2.05) is 6.92 Å². The largest absolute Gasteiger partial charge is 0.508 e. The number of hydrogen-bond acceptors (Lipinski definition) is 3. The standard InChI is InChI=1S/C14H13NO3/c1-9-3-4-11(8-16)6-13(9)15-10(2)5-12(17)7-14(15)18/h3-8,17H,1-2H3. The minimum atomic E-state index is -0.321. The second kappa shape index (κ2) is 4.49. The van der Waals surface area contributed by atoms with Crippen LogP contribution < -0.4 is 5.56 Å². The molecule has 2 aromatic rings. The van der Waals surface area contributed by atoms with E-state index >= 15 is 0 Å². The predicted molar refractivity (Wildman–Crippen MR) is 68.6 cm³/mol. The number of aromatic hydroxyl groups is 1. The van der Waals surface area contributed by atoms with Crippen LogP contribution in [0.3, 0.4) is 0 Å². The van der Waals surface area contributed by atoms with Gasteiger partial charge >= 0.3 is 0 Å². The highest BCUT2D eigenvalue weighted by atomic mass is 16.3. The number of aryl methyl sites for hydroxylation is 2. The van der Waals surface area contributed by atoms with Gasteiger partial charge in [-0.3, -0.25) is 14.2 Å². The maximum atomic E-state index is 11.9. The van der Waals surface area contributed by atoms with Crippen LogP contribution in [0.2, 0.25) is 0 Å². The first-order chi connectivity index (χ1) is 8.52. The molecule has 0 atom stereocenters. The summed E-state index contributed by atoms with van der Waals surface area (Å²) >= 11 is 0. The van der Waals surface area contributed by atoms with Crippen LogP contribution in [0, 0.1) is 13.8 Å². The van der Waals surface area contributed by atoms with Gasteiger partial charge in [0.1, 0.15) is 12.0 Å². The average molecular weight is 243 g/mol. The van der Waals surface area contributed by atoms with Gasteiger partial charge in [0.2, 0.25) is 0 Å². The minimum Gasteiger partial charge on any atom is -0.508 e. The molecule has 0 saturated carbocycles. The summed E-state index contributed by atoms with van der Waals surface area (Å²) in [5, 5.41) is 9.37. The Labute approximate surface area is 104 Å². The van der Waals surface area contributed by atoms with Crippen LogP contribution in [0.25, 0.3) is 5.69 Å². The maximum absolute atomic E-state index is 11.9. The van der Waals surface area contributed by atoms with E-state index in [0.717, 1.165) is 17.9 Å². The molecule has 0 spiro atoms. The van der Waals surface area contributed by atoms with Crippen molar-refractivity contribution >= 4 is 6.29 Å². The van der Waals surface area contributed by atoms with E-state index in [0.29, 0.717) is 16.9 Å². The Kier molecular flexibility index (Phi) is 3.02. The number of nitrogens with zero attached hydrogens (tertiary/aromatic N) is 1. The maximum Gasteiger partial charge on any atom is 0.258 e. The molecule has 2 rings (SSSR count). The third-order valence-electron chi connectivity index (χ3n) is 2.81. The lowest BCUT2D eigenvalue weighted by molar-refractivity contribution is 0.112. The van der Waals surface area contributed by atoms with Gasteiger partial charge in [-0.15, -0.1) is 0 Å². The Morgan fingerprint density at radius 2 is 1.89 bits per heavy atom. The first-order valence-electron chi connectivity index (χ1n) is 5.52. The minimum absolute atomic E-state index is 0.0575. The number of benzene rings is 1. The van der Waals surface area contributed by atoms with E-state index in [9.17, 15) is 14.7 Å². The van der Waals surface area contributed by atoms with Crippen molar-refractivity contribution in [1.82, 2.24) is 4.57 Å². The van der Waals surface area contributed by atoms with Crippen molar-refractivity contribution in [2.45, 2.75) is 13.8 Å². The number of aldehydes is 1. The molecule has 0 aliphatic rings. The lowest BCUT2D eigenvalue weighted by Gasteiger charge is -2.13.